The van der Waals surface area contributed by atoms with Gasteiger partial charge >= 0.3 is 0 Å². The molecule has 0 unspecified atom stereocenters. The Morgan fingerprint density at radius 2 is 1.46 bits per heavy atom. The number of nitrogens with one attached hydrogen (secondary N) is 3. The van der Waals surface area contributed by atoms with Gasteiger partial charge in [0.25, 0.3) is 11.5 Å². The fourth-order valence-corrected chi connectivity index (χ4v) is 5.07. The fourth-order valence-electron chi connectivity index (χ4n) is 4.05. The molecule has 0 aliphatic heterocycles. The van der Waals surface area contributed by atoms with Gasteiger partial charge in [0.1, 0.15) is 11.6 Å². The van der Waals surface area contributed by atoms with Crippen LogP contribution in [0.2, 0.25) is 0 Å². The molecule has 0 fully saturated rings. The third-order valence-corrected chi connectivity index (χ3v) is 7.27. The molecule has 0 aliphatic carbocycles. The number of aromatic nitrogens is 2. The Morgan fingerprint density at radius 1 is 0.854 bits per heavy atom. The quantitative estimate of drug-likeness (QED) is 0.117. The highest BCUT2D eigenvalue weighted by Crippen LogP contribution is 2.27. The van der Waals surface area contributed by atoms with E-state index in [1.165, 1.54) is 11.8 Å². The van der Waals surface area contributed by atoms with Crippen LogP contribution in [0.1, 0.15) is 21.5 Å². The molecule has 1 heterocycles. The van der Waals surface area contributed by atoms with E-state index in [2.05, 4.69) is 20.6 Å². The van der Waals surface area contributed by atoms with Crippen molar-refractivity contribution in [3.8, 4) is 28.5 Å². The van der Waals surface area contributed by atoms with E-state index >= 15 is 0 Å². The van der Waals surface area contributed by atoms with Crippen LogP contribution in [0.15, 0.2) is 119 Å². The van der Waals surface area contributed by atoms with E-state index in [0.717, 1.165) is 22.4 Å². The Bertz CT molecular complexity index is 1780. The predicted molar refractivity (Wildman–Crippen MR) is 167 cm³/mol. The Labute approximate surface area is 246 Å². The van der Waals surface area contributed by atoms with Gasteiger partial charge in [0.05, 0.1) is 5.69 Å². The summed E-state index contributed by atoms with van der Waals surface area (Å²) < 4.78 is 0. The molecular formula is C32H23N5O2S2. The second-order valence-corrected chi connectivity index (χ2v) is 10.3. The molecule has 0 aliphatic rings. The van der Waals surface area contributed by atoms with Crippen LogP contribution in [0.3, 0.4) is 0 Å². The van der Waals surface area contributed by atoms with E-state index in [1.54, 1.807) is 12.1 Å². The Hall–Kier alpha value is -5.04. The van der Waals surface area contributed by atoms with Gasteiger partial charge in [-0.2, -0.15) is 5.26 Å². The lowest BCUT2D eigenvalue weighted by atomic mass is 10.0. The topological polar surface area (TPSA) is 111 Å². The van der Waals surface area contributed by atoms with Crippen LogP contribution in [0.5, 0.6) is 0 Å². The lowest BCUT2D eigenvalue weighted by molar-refractivity contribution is 0.0977. The zero-order valence-corrected chi connectivity index (χ0v) is 23.3. The largest absolute Gasteiger partial charge is 0.332 e. The molecule has 0 bridgehead atoms. The average Bonchev–Trinajstić information content (AvgIpc) is 3.01. The van der Waals surface area contributed by atoms with Crippen molar-refractivity contribution in [2.24, 2.45) is 0 Å². The van der Waals surface area contributed by atoms with Gasteiger partial charge in [-0.3, -0.25) is 14.9 Å². The molecule has 5 aromatic rings. The standard InChI is InChI=1S/C32H23N5O2S2/c33-19-27-28(24-17-15-23(16-18-24)22-7-3-1-4-8-22)35-32(37-30(27)39)41-20-21-11-13-25(14-12-21)29(38)36-31(40)34-26-9-5-2-6-10-26/h1-18H,20H2,(H,35,37,39)(H2,34,36,38,40). The van der Waals surface area contributed by atoms with Crippen molar-refractivity contribution < 1.29 is 4.79 Å². The number of para-hydroxylation sites is 1. The van der Waals surface area contributed by atoms with Gasteiger partial charge in [-0.05, 0) is 53.2 Å². The molecule has 0 atom stereocenters. The number of rotatable bonds is 7. The molecule has 41 heavy (non-hydrogen) atoms. The number of anilines is 1. The monoisotopic (exact) mass is 573 g/mol. The van der Waals surface area contributed by atoms with E-state index in [4.69, 9.17) is 12.2 Å². The second-order valence-electron chi connectivity index (χ2n) is 8.91. The summed E-state index contributed by atoms with van der Waals surface area (Å²) in [6, 6.07) is 36.0. The minimum atomic E-state index is -0.487. The van der Waals surface area contributed by atoms with Gasteiger partial charge in [0.2, 0.25) is 0 Å². The third-order valence-electron chi connectivity index (χ3n) is 6.13. The molecule has 5 rings (SSSR count). The Morgan fingerprint density at radius 3 is 2.12 bits per heavy atom. The highest BCUT2D eigenvalue weighted by Gasteiger charge is 2.14. The molecular weight excluding hydrogens is 551 g/mol. The van der Waals surface area contributed by atoms with Crippen LogP contribution >= 0.6 is 24.0 Å². The molecule has 0 spiro atoms. The van der Waals surface area contributed by atoms with E-state index in [9.17, 15) is 14.9 Å². The number of carbonyl (C=O) groups is 1. The first-order chi connectivity index (χ1) is 20.0. The van der Waals surface area contributed by atoms with Gasteiger partial charge < -0.3 is 10.3 Å². The van der Waals surface area contributed by atoms with E-state index in [-0.39, 0.29) is 16.6 Å². The molecule has 1 aromatic heterocycles. The molecule has 200 valence electrons. The van der Waals surface area contributed by atoms with E-state index in [1.807, 2.05) is 103 Å². The zero-order chi connectivity index (χ0) is 28.6. The zero-order valence-electron chi connectivity index (χ0n) is 21.6. The summed E-state index contributed by atoms with van der Waals surface area (Å²) in [7, 11) is 0. The van der Waals surface area contributed by atoms with Crippen LogP contribution < -0.4 is 16.2 Å². The van der Waals surface area contributed by atoms with Gasteiger partial charge in [-0.1, -0.05) is 96.7 Å². The summed E-state index contributed by atoms with van der Waals surface area (Å²) in [5, 5.41) is 15.9. The summed E-state index contributed by atoms with van der Waals surface area (Å²) in [6.07, 6.45) is 0. The molecule has 0 saturated carbocycles. The Balaban J connectivity index is 1.25. The first kappa shape index (κ1) is 27.5. The molecule has 9 heteroatoms. The van der Waals surface area contributed by atoms with Crippen molar-refractivity contribution in [1.82, 2.24) is 15.3 Å². The van der Waals surface area contributed by atoms with Crippen molar-refractivity contribution in [2.45, 2.75) is 10.9 Å². The highest BCUT2D eigenvalue weighted by atomic mass is 32.2. The van der Waals surface area contributed by atoms with E-state index < -0.39 is 5.56 Å². The number of nitrogens with zero attached hydrogens (tertiary/aromatic N) is 2. The van der Waals surface area contributed by atoms with Crippen molar-refractivity contribution >= 4 is 40.7 Å². The summed E-state index contributed by atoms with van der Waals surface area (Å²) in [4.78, 5) is 32.6. The maximum absolute atomic E-state index is 12.7. The summed E-state index contributed by atoms with van der Waals surface area (Å²) in [6.45, 7) is 0. The van der Waals surface area contributed by atoms with Crippen LogP contribution in [0.25, 0.3) is 22.4 Å². The van der Waals surface area contributed by atoms with Crippen molar-refractivity contribution in [2.75, 3.05) is 5.32 Å². The first-order valence-corrected chi connectivity index (χ1v) is 14.0. The number of amides is 1. The predicted octanol–water partition coefficient (Wildman–Crippen LogP) is 6.39. The second kappa shape index (κ2) is 12.9. The van der Waals surface area contributed by atoms with Gasteiger partial charge in [-0.25, -0.2) is 4.98 Å². The smallest absolute Gasteiger partial charge is 0.270 e. The SMILES string of the molecule is N#Cc1c(-c2ccc(-c3ccccc3)cc2)nc(SCc2ccc(C(=O)NC(=S)Nc3ccccc3)cc2)[nH]c1=O. The molecule has 7 nitrogen and oxygen atoms in total. The normalized spacial score (nSPS) is 10.4. The fraction of sp³-hybridized carbons (Fsp3) is 0.0312. The average molecular weight is 574 g/mol. The first-order valence-electron chi connectivity index (χ1n) is 12.6. The number of carbonyl (C=O) groups excluding carboxylic acids is 1. The number of aromatic amines is 1. The molecule has 0 radical (unpaired) electrons. The molecule has 1 amide bonds. The lowest BCUT2D eigenvalue weighted by Crippen LogP contribution is -2.34. The van der Waals surface area contributed by atoms with Gasteiger partial charge in [-0.15, -0.1) is 0 Å². The number of thioether (sulfide) groups is 1. The minimum absolute atomic E-state index is 0.0307. The van der Waals surface area contributed by atoms with Crippen molar-refractivity contribution in [3.63, 3.8) is 0 Å². The summed E-state index contributed by atoms with van der Waals surface area (Å²) in [5.74, 6) is 0.176. The van der Waals surface area contributed by atoms with Crippen molar-refractivity contribution in [1.29, 1.82) is 5.26 Å². The number of hydrogen-bond donors (Lipinski definition) is 3. The minimum Gasteiger partial charge on any atom is -0.332 e. The highest BCUT2D eigenvalue weighted by molar-refractivity contribution is 7.98. The van der Waals surface area contributed by atoms with Gasteiger partial charge in [0, 0.05) is 22.6 Å². The van der Waals surface area contributed by atoms with E-state index in [0.29, 0.717) is 27.7 Å². The van der Waals surface area contributed by atoms with Crippen LogP contribution in [-0.4, -0.2) is 21.0 Å². The lowest BCUT2D eigenvalue weighted by Gasteiger charge is -2.10. The van der Waals surface area contributed by atoms with Crippen molar-refractivity contribution in [3.05, 3.63) is 136 Å². The summed E-state index contributed by atoms with van der Waals surface area (Å²) >= 11 is 6.57. The number of nitriles is 1. The van der Waals surface area contributed by atoms with Crippen LogP contribution in [0, 0.1) is 11.3 Å². The number of benzene rings is 4. The Kier molecular flexibility index (Phi) is 8.64. The van der Waals surface area contributed by atoms with Crippen LogP contribution in [-0.2, 0) is 5.75 Å². The molecule has 3 N–H and O–H groups in total. The summed E-state index contributed by atoms with van der Waals surface area (Å²) in [5.41, 5.74) is 4.78. The maximum atomic E-state index is 12.7. The number of thiocarbonyl (C=S) groups is 1. The number of hydrogen-bond acceptors (Lipinski definition) is 6. The maximum Gasteiger partial charge on any atom is 0.270 e. The molecule has 0 saturated heterocycles. The van der Waals surface area contributed by atoms with Gasteiger partial charge in [0.15, 0.2) is 10.3 Å². The molecule has 4 aromatic carbocycles. The third kappa shape index (κ3) is 6.94. The number of H-pyrrole nitrogens is 1. The van der Waals surface area contributed by atoms with Crippen LogP contribution in [0.4, 0.5) is 5.69 Å².